The van der Waals surface area contributed by atoms with Gasteiger partial charge in [-0.1, -0.05) is 6.07 Å². The molecular weight excluding hydrogens is 309 g/mol. The minimum atomic E-state index is -0.318. The van der Waals surface area contributed by atoms with Gasteiger partial charge in [-0.25, -0.2) is 14.4 Å². The zero-order valence-electron chi connectivity index (χ0n) is 12.0. The second-order valence-electron chi connectivity index (χ2n) is 5.00. The van der Waals surface area contributed by atoms with Crippen LogP contribution in [0.3, 0.4) is 0 Å². The maximum absolute atomic E-state index is 13.9. The molecule has 1 aromatic carbocycles. The average molecular weight is 324 g/mol. The van der Waals surface area contributed by atoms with Crippen molar-refractivity contribution in [3.63, 3.8) is 0 Å². The number of thiazole rings is 1. The number of benzene rings is 1. The van der Waals surface area contributed by atoms with Crippen LogP contribution >= 0.6 is 22.9 Å². The van der Waals surface area contributed by atoms with E-state index in [-0.39, 0.29) is 17.7 Å². The van der Waals surface area contributed by atoms with Gasteiger partial charge in [0.2, 0.25) is 0 Å². The molecule has 0 radical (unpaired) electrons. The Morgan fingerprint density at radius 1 is 1.33 bits per heavy atom. The van der Waals surface area contributed by atoms with Crippen LogP contribution in [-0.4, -0.2) is 14.5 Å². The zero-order chi connectivity index (χ0) is 15.1. The normalized spacial score (nSPS) is 13.0. The number of halogens is 2. The quantitative estimate of drug-likeness (QED) is 0.660. The van der Waals surface area contributed by atoms with Gasteiger partial charge in [-0.15, -0.1) is 22.9 Å². The first-order chi connectivity index (χ1) is 10.0. The Bertz CT molecular complexity index is 809. The lowest BCUT2D eigenvalue weighted by atomic mass is 10.2. The molecule has 0 spiro atoms. The summed E-state index contributed by atoms with van der Waals surface area (Å²) in [6, 6.07) is 5.02. The summed E-state index contributed by atoms with van der Waals surface area (Å²) in [5.41, 5.74) is 2.14. The van der Waals surface area contributed by atoms with Gasteiger partial charge in [0.15, 0.2) is 5.82 Å². The molecule has 0 saturated heterocycles. The Morgan fingerprint density at radius 2 is 2.10 bits per heavy atom. The van der Waals surface area contributed by atoms with Gasteiger partial charge in [-0.3, -0.25) is 0 Å². The molecule has 1 atom stereocenters. The molecule has 2 aromatic heterocycles. The topological polar surface area (TPSA) is 30.7 Å². The number of aryl methyl sites for hydroxylation is 2. The van der Waals surface area contributed by atoms with E-state index in [1.54, 1.807) is 17.4 Å². The summed E-state index contributed by atoms with van der Waals surface area (Å²) in [4.78, 5) is 9.98. The summed E-state index contributed by atoms with van der Waals surface area (Å²) < 4.78 is 15.9. The number of para-hydroxylation sites is 1. The van der Waals surface area contributed by atoms with E-state index in [4.69, 9.17) is 11.6 Å². The van der Waals surface area contributed by atoms with Crippen molar-refractivity contribution >= 4 is 34.0 Å². The maximum atomic E-state index is 13.9. The van der Waals surface area contributed by atoms with Crippen LogP contribution in [0.2, 0.25) is 0 Å². The molecule has 0 bridgehead atoms. The van der Waals surface area contributed by atoms with Crippen molar-refractivity contribution in [1.29, 1.82) is 0 Å². The number of imidazole rings is 1. The van der Waals surface area contributed by atoms with E-state index in [1.807, 2.05) is 24.5 Å². The molecular formula is C15H15ClFN3S. The highest BCUT2D eigenvalue weighted by Crippen LogP contribution is 2.32. The predicted molar refractivity (Wildman–Crippen MR) is 84.6 cm³/mol. The number of hydrogen-bond donors (Lipinski definition) is 0. The van der Waals surface area contributed by atoms with E-state index in [1.165, 1.54) is 6.07 Å². The van der Waals surface area contributed by atoms with Crippen molar-refractivity contribution in [3.05, 3.63) is 45.4 Å². The molecule has 3 nitrogen and oxygen atoms in total. The summed E-state index contributed by atoms with van der Waals surface area (Å²) in [7, 11) is 0. The van der Waals surface area contributed by atoms with Crippen LogP contribution in [0.1, 0.15) is 34.4 Å². The fraction of sp³-hybridized carbons (Fsp3) is 0.333. The zero-order valence-corrected chi connectivity index (χ0v) is 13.6. The van der Waals surface area contributed by atoms with Gasteiger partial charge in [0.1, 0.15) is 11.3 Å². The molecule has 6 heteroatoms. The van der Waals surface area contributed by atoms with Crippen LogP contribution in [0.15, 0.2) is 18.2 Å². The standard InChI is InChI=1S/C15H15ClFN3S/c1-8-15(21-10(3)18-8)9(2)20-12-6-4-5-11(17)14(12)19-13(20)7-16/h4-6,9H,7H2,1-3H3. The van der Waals surface area contributed by atoms with Crippen LogP contribution in [0.4, 0.5) is 4.39 Å². The summed E-state index contributed by atoms with van der Waals surface area (Å²) in [6.07, 6.45) is 0. The van der Waals surface area contributed by atoms with Crippen LogP contribution in [0.25, 0.3) is 11.0 Å². The third-order valence-electron chi connectivity index (χ3n) is 3.57. The van der Waals surface area contributed by atoms with E-state index in [2.05, 4.69) is 16.9 Å². The number of rotatable bonds is 3. The number of alkyl halides is 1. The van der Waals surface area contributed by atoms with Crippen LogP contribution in [0.5, 0.6) is 0 Å². The molecule has 2 heterocycles. The largest absolute Gasteiger partial charge is 0.319 e. The number of hydrogen-bond acceptors (Lipinski definition) is 3. The van der Waals surface area contributed by atoms with Gasteiger partial charge in [0.25, 0.3) is 0 Å². The van der Waals surface area contributed by atoms with Gasteiger partial charge in [-0.05, 0) is 32.9 Å². The van der Waals surface area contributed by atoms with Crippen molar-refractivity contribution in [2.75, 3.05) is 0 Å². The molecule has 0 saturated carbocycles. The Morgan fingerprint density at radius 3 is 2.71 bits per heavy atom. The summed E-state index contributed by atoms with van der Waals surface area (Å²) >= 11 is 7.67. The van der Waals surface area contributed by atoms with E-state index >= 15 is 0 Å². The molecule has 110 valence electrons. The van der Waals surface area contributed by atoms with Crippen molar-refractivity contribution in [1.82, 2.24) is 14.5 Å². The average Bonchev–Trinajstić information content (AvgIpc) is 2.99. The lowest BCUT2D eigenvalue weighted by Crippen LogP contribution is -2.09. The van der Waals surface area contributed by atoms with Crippen LogP contribution in [-0.2, 0) is 5.88 Å². The maximum Gasteiger partial charge on any atom is 0.151 e. The Balaban J connectivity index is 2.23. The van der Waals surface area contributed by atoms with E-state index < -0.39 is 0 Å². The second kappa shape index (κ2) is 5.39. The Labute approximate surface area is 131 Å². The first-order valence-corrected chi connectivity index (χ1v) is 8.03. The highest BCUT2D eigenvalue weighted by molar-refractivity contribution is 7.11. The minimum absolute atomic E-state index is 0.0248. The van der Waals surface area contributed by atoms with Gasteiger partial charge >= 0.3 is 0 Å². The smallest absolute Gasteiger partial charge is 0.151 e. The molecule has 0 fully saturated rings. The van der Waals surface area contributed by atoms with E-state index in [0.29, 0.717) is 11.3 Å². The third-order valence-corrected chi connectivity index (χ3v) is 5.05. The van der Waals surface area contributed by atoms with Gasteiger partial charge < -0.3 is 4.57 Å². The minimum Gasteiger partial charge on any atom is -0.319 e. The fourth-order valence-corrected chi connectivity index (χ4v) is 3.87. The molecule has 0 amide bonds. The van der Waals surface area contributed by atoms with Crippen molar-refractivity contribution < 1.29 is 4.39 Å². The lowest BCUT2D eigenvalue weighted by Gasteiger charge is -2.16. The summed E-state index contributed by atoms with van der Waals surface area (Å²) in [6.45, 7) is 6.06. The second-order valence-corrected chi connectivity index (χ2v) is 6.50. The molecule has 3 rings (SSSR count). The number of nitrogens with zero attached hydrogens (tertiary/aromatic N) is 3. The van der Waals surface area contributed by atoms with Crippen LogP contribution in [0, 0.1) is 19.7 Å². The highest BCUT2D eigenvalue weighted by atomic mass is 35.5. The fourth-order valence-electron chi connectivity index (χ4n) is 2.71. The van der Waals surface area contributed by atoms with Crippen molar-refractivity contribution in [3.8, 4) is 0 Å². The number of fused-ring (bicyclic) bond motifs is 1. The highest BCUT2D eigenvalue weighted by Gasteiger charge is 2.21. The van der Waals surface area contributed by atoms with E-state index in [0.717, 1.165) is 21.1 Å². The first-order valence-electron chi connectivity index (χ1n) is 6.68. The molecule has 0 aliphatic rings. The molecule has 0 N–H and O–H groups in total. The van der Waals surface area contributed by atoms with Gasteiger partial charge in [0, 0.05) is 0 Å². The third kappa shape index (κ3) is 2.34. The molecule has 1 unspecified atom stereocenters. The van der Waals surface area contributed by atoms with Crippen LogP contribution < -0.4 is 0 Å². The summed E-state index contributed by atoms with van der Waals surface area (Å²) in [5, 5.41) is 1.03. The Kier molecular flexibility index (Phi) is 3.71. The predicted octanol–water partition coefficient (Wildman–Crippen LogP) is 4.60. The Hall–Kier alpha value is -1.46. The lowest BCUT2D eigenvalue weighted by molar-refractivity contribution is 0.636. The van der Waals surface area contributed by atoms with Gasteiger partial charge in [0.05, 0.1) is 33.0 Å². The molecule has 3 aromatic rings. The van der Waals surface area contributed by atoms with Crippen molar-refractivity contribution in [2.45, 2.75) is 32.7 Å². The summed E-state index contributed by atoms with van der Waals surface area (Å²) in [5.74, 6) is 0.603. The number of aromatic nitrogens is 3. The SMILES string of the molecule is Cc1nc(C)c(C(C)n2c(CCl)nc3c(F)cccc32)s1. The monoisotopic (exact) mass is 323 g/mol. The molecule has 0 aliphatic heterocycles. The van der Waals surface area contributed by atoms with E-state index in [9.17, 15) is 4.39 Å². The molecule has 0 aliphatic carbocycles. The first kappa shape index (κ1) is 14.5. The molecule has 21 heavy (non-hydrogen) atoms. The van der Waals surface area contributed by atoms with Gasteiger partial charge in [-0.2, -0.15) is 0 Å². The van der Waals surface area contributed by atoms with Crippen molar-refractivity contribution in [2.24, 2.45) is 0 Å².